The van der Waals surface area contributed by atoms with E-state index >= 15 is 0 Å². The average molecular weight is 269 g/mol. The normalized spacial score (nSPS) is 32.2. The highest BCUT2D eigenvalue weighted by Gasteiger charge is 2.56. The zero-order valence-corrected chi connectivity index (χ0v) is 10.2. The molecule has 1 saturated carbocycles. The quantitative estimate of drug-likeness (QED) is 0.578. The first-order chi connectivity index (χ1) is 9.07. The van der Waals surface area contributed by atoms with Gasteiger partial charge in [0.05, 0.1) is 13.2 Å². The van der Waals surface area contributed by atoms with E-state index < -0.39 is 24.0 Å². The number of aliphatic hydroxyl groups excluding tert-OH is 2. The van der Waals surface area contributed by atoms with Gasteiger partial charge in [0.25, 0.3) is 0 Å². The fraction of sp³-hybridized carbons (Fsp3) is 0.727. The van der Waals surface area contributed by atoms with Gasteiger partial charge in [0.15, 0.2) is 0 Å². The zero-order chi connectivity index (χ0) is 13.6. The number of nitrogens with zero attached hydrogens (tertiary/aromatic N) is 3. The van der Waals surface area contributed by atoms with Gasteiger partial charge in [-0.15, -0.1) is 0 Å². The van der Waals surface area contributed by atoms with Crippen LogP contribution in [-0.4, -0.2) is 69.1 Å². The number of ether oxygens (including phenoxy) is 1. The Balaban J connectivity index is 2.04. The van der Waals surface area contributed by atoms with Crippen LogP contribution < -0.4 is 0 Å². The number of carboxylic acid groups (broad SMARTS) is 1. The first kappa shape index (κ1) is 12.5. The van der Waals surface area contributed by atoms with E-state index in [-0.39, 0.29) is 18.3 Å². The van der Waals surface area contributed by atoms with Crippen molar-refractivity contribution in [2.45, 2.75) is 37.3 Å². The van der Waals surface area contributed by atoms with Gasteiger partial charge in [-0.25, -0.2) is 14.8 Å². The summed E-state index contributed by atoms with van der Waals surface area (Å²) in [5.41, 5.74) is -0.586. The number of aliphatic hydroxyl groups is 2. The fourth-order valence-corrected chi connectivity index (χ4v) is 2.54. The number of hydrogen-bond acceptors (Lipinski definition) is 7. The molecule has 104 valence electrons. The molecule has 2 heterocycles. The molecule has 0 amide bonds. The second-order valence-corrected chi connectivity index (χ2v) is 4.86. The standard InChI is InChI=1S/C11H15N3O5/c15-5-7-12-8(10(17)18)13-9-6(16)1-4-19-11(2-3-11)14(7)9/h6-7,15-16H,1-5H2,(H,17,18). The lowest BCUT2D eigenvalue weighted by Crippen LogP contribution is -2.55. The molecule has 2 unspecified atom stereocenters. The Labute approximate surface area is 109 Å². The van der Waals surface area contributed by atoms with Crippen molar-refractivity contribution in [2.24, 2.45) is 9.98 Å². The van der Waals surface area contributed by atoms with Crippen LogP contribution in [0.25, 0.3) is 0 Å². The summed E-state index contributed by atoms with van der Waals surface area (Å²) in [6.07, 6.45) is 0.190. The van der Waals surface area contributed by atoms with Crippen LogP contribution >= 0.6 is 0 Å². The Morgan fingerprint density at radius 1 is 1.53 bits per heavy atom. The van der Waals surface area contributed by atoms with Crippen LogP contribution in [0.3, 0.4) is 0 Å². The molecule has 3 N–H and O–H groups in total. The first-order valence-corrected chi connectivity index (χ1v) is 6.19. The lowest BCUT2D eigenvalue weighted by Gasteiger charge is -2.38. The third kappa shape index (κ3) is 1.92. The van der Waals surface area contributed by atoms with Gasteiger partial charge in [-0.2, -0.15) is 0 Å². The number of rotatable bonds is 2. The van der Waals surface area contributed by atoms with Crippen LogP contribution in [0.1, 0.15) is 19.3 Å². The highest BCUT2D eigenvalue weighted by Crippen LogP contribution is 2.46. The summed E-state index contributed by atoms with van der Waals surface area (Å²) in [7, 11) is 0. The summed E-state index contributed by atoms with van der Waals surface area (Å²) in [4.78, 5) is 20.5. The largest absolute Gasteiger partial charge is 0.475 e. The third-order valence-electron chi connectivity index (χ3n) is 3.57. The molecule has 2 fully saturated rings. The van der Waals surface area contributed by atoms with Crippen LogP contribution in [0.5, 0.6) is 0 Å². The molecule has 3 aliphatic rings. The number of aliphatic imine (C=N–C) groups is 2. The van der Waals surface area contributed by atoms with Crippen LogP contribution in [0.2, 0.25) is 0 Å². The van der Waals surface area contributed by atoms with Crippen molar-refractivity contribution in [1.82, 2.24) is 4.90 Å². The van der Waals surface area contributed by atoms with Crippen molar-refractivity contribution < 1.29 is 24.9 Å². The average Bonchev–Trinajstić information content (AvgIpc) is 3.18. The van der Waals surface area contributed by atoms with Crippen LogP contribution in [0.4, 0.5) is 0 Å². The van der Waals surface area contributed by atoms with E-state index in [9.17, 15) is 15.0 Å². The maximum Gasteiger partial charge on any atom is 0.373 e. The van der Waals surface area contributed by atoms with E-state index in [1.807, 2.05) is 0 Å². The first-order valence-electron chi connectivity index (χ1n) is 6.19. The molecule has 0 radical (unpaired) electrons. The number of hydrogen-bond donors (Lipinski definition) is 3. The van der Waals surface area contributed by atoms with E-state index in [2.05, 4.69) is 9.98 Å². The van der Waals surface area contributed by atoms with Crippen molar-refractivity contribution in [3.05, 3.63) is 0 Å². The van der Waals surface area contributed by atoms with E-state index in [0.29, 0.717) is 13.0 Å². The van der Waals surface area contributed by atoms with E-state index in [4.69, 9.17) is 9.84 Å². The maximum atomic E-state index is 11.0. The van der Waals surface area contributed by atoms with Gasteiger partial charge in [0, 0.05) is 6.42 Å². The van der Waals surface area contributed by atoms with Crippen molar-refractivity contribution in [3.8, 4) is 0 Å². The SMILES string of the molecule is O=C(O)C1=NC(CO)N2C(=N1)C(O)CCOC21CC1. The summed E-state index contributed by atoms with van der Waals surface area (Å²) < 4.78 is 5.73. The Bertz CT molecular complexity index is 471. The molecule has 19 heavy (non-hydrogen) atoms. The van der Waals surface area contributed by atoms with Crippen molar-refractivity contribution in [1.29, 1.82) is 0 Å². The minimum atomic E-state index is -1.27. The van der Waals surface area contributed by atoms with Gasteiger partial charge in [0.1, 0.15) is 23.8 Å². The number of fused-ring (bicyclic) bond motifs is 2. The zero-order valence-electron chi connectivity index (χ0n) is 10.2. The Hall–Kier alpha value is -1.51. The number of carbonyl (C=O) groups is 1. The molecule has 0 aromatic carbocycles. The molecule has 2 atom stereocenters. The lowest BCUT2D eigenvalue weighted by molar-refractivity contribution is -0.129. The molecule has 3 rings (SSSR count). The van der Waals surface area contributed by atoms with E-state index in [0.717, 1.165) is 12.8 Å². The van der Waals surface area contributed by atoms with E-state index in [1.54, 1.807) is 4.90 Å². The smallest absolute Gasteiger partial charge is 0.373 e. The minimum Gasteiger partial charge on any atom is -0.475 e. The molecule has 0 aromatic heterocycles. The van der Waals surface area contributed by atoms with Gasteiger partial charge in [-0.05, 0) is 12.8 Å². The molecular formula is C11H15N3O5. The van der Waals surface area contributed by atoms with Crippen LogP contribution in [-0.2, 0) is 9.53 Å². The third-order valence-corrected chi connectivity index (χ3v) is 3.57. The van der Waals surface area contributed by atoms with Crippen molar-refractivity contribution in [2.75, 3.05) is 13.2 Å². The molecule has 1 spiro atoms. The summed E-state index contributed by atoms with van der Waals surface area (Å²) in [5.74, 6) is -1.42. The monoisotopic (exact) mass is 269 g/mol. The summed E-state index contributed by atoms with van der Waals surface area (Å²) in [6.45, 7) is 0.0187. The van der Waals surface area contributed by atoms with Crippen LogP contribution in [0, 0.1) is 0 Å². The Kier molecular flexibility index (Phi) is 2.80. The molecule has 1 aliphatic carbocycles. The summed E-state index contributed by atoms with van der Waals surface area (Å²) >= 11 is 0. The van der Waals surface area contributed by atoms with Gasteiger partial charge in [-0.1, -0.05) is 0 Å². The second-order valence-electron chi connectivity index (χ2n) is 4.86. The predicted octanol–water partition coefficient (Wildman–Crippen LogP) is -1.23. The van der Waals surface area contributed by atoms with Gasteiger partial charge < -0.3 is 25.0 Å². The topological polar surface area (TPSA) is 115 Å². The predicted molar refractivity (Wildman–Crippen MR) is 63.8 cm³/mol. The van der Waals surface area contributed by atoms with Crippen molar-refractivity contribution in [3.63, 3.8) is 0 Å². The number of carboxylic acids is 1. The Morgan fingerprint density at radius 2 is 2.26 bits per heavy atom. The van der Waals surface area contributed by atoms with Gasteiger partial charge in [0.2, 0.25) is 5.84 Å². The molecule has 0 aromatic rings. The maximum absolute atomic E-state index is 11.0. The highest BCUT2D eigenvalue weighted by atomic mass is 16.5. The van der Waals surface area contributed by atoms with Gasteiger partial charge >= 0.3 is 5.97 Å². The summed E-state index contributed by atoms with van der Waals surface area (Å²) in [5, 5.41) is 28.5. The Morgan fingerprint density at radius 3 is 2.84 bits per heavy atom. The van der Waals surface area contributed by atoms with Crippen LogP contribution in [0.15, 0.2) is 9.98 Å². The second kappa shape index (κ2) is 4.26. The van der Waals surface area contributed by atoms with Gasteiger partial charge in [-0.3, -0.25) is 0 Å². The van der Waals surface area contributed by atoms with E-state index in [1.165, 1.54) is 0 Å². The number of amidine groups is 2. The molecule has 8 nitrogen and oxygen atoms in total. The number of aliphatic carboxylic acids is 1. The molecular weight excluding hydrogens is 254 g/mol. The lowest BCUT2D eigenvalue weighted by atomic mass is 10.2. The fourth-order valence-electron chi connectivity index (χ4n) is 2.54. The molecule has 0 bridgehead atoms. The molecule has 8 heteroatoms. The molecule has 1 saturated heterocycles. The minimum absolute atomic E-state index is 0.237. The molecule has 2 aliphatic heterocycles. The highest BCUT2D eigenvalue weighted by molar-refractivity contribution is 6.37. The van der Waals surface area contributed by atoms with Crippen molar-refractivity contribution >= 4 is 17.6 Å². The summed E-state index contributed by atoms with van der Waals surface area (Å²) in [6, 6.07) is 0.